The highest BCUT2D eigenvalue weighted by molar-refractivity contribution is 7.20. The highest BCUT2D eigenvalue weighted by atomic mass is 35.5. The summed E-state index contributed by atoms with van der Waals surface area (Å²) in [4.78, 5) is 42.6. The van der Waals surface area contributed by atoms with Crippen molar-refractivity contribution in [1.29, 1.82) is 0 Å². The number of nitrogens with zero attached hydrogens (tertiary/aromatic N) is 4. The van der Waals surface area contributed by atoms with Crippen LogP contribution < -0.4 is 15.8 Å². The molecule has 43 heavy (non-hydrogen) atoms. The molecule has 0 saturated carbocycles. The maximum Gasteiger partial charge on any atom is 0.436 e. The third kappa shape index (κ3) is 7.52. The van der Waals surface area contributed by atoms with Gasteiger partial charge in [0, 0.05) is 37.3 Å². The van der Waals surface area contributed by atoms with Gasteiger partial charge in [-0.2, -0.15) is 4.68 Å². The van der Waals surface area contributed by atoms with Gasteiger partial charge in [0.15, 0.2) is 5.82 Å². The first-order valence-corrected chi connectivity index (χ1v) is 14.9. The molecule has 2 aromatic heterocycles. The highest BCUT2D eigenvalue weighted by Gasteiger charge is 2.26. The molecule has 226 valence electrons. The Morgan fingerprint density at radius 1 is 1.07 bits per heavy atom. The largest absolute Gasteiger partial charge is 0.442 e. The molecule has 1 saturated heterocycles. The maximum atomic E-state index is 13.4. The van der Waals surface area contributed by atoms with E-state index >= 15 is 0 Å². The van der Waals surface area contributed by atoms with E-state index in [-0.39, 0.29) is 11.7 Å². The van der Waals surface area contributed by atoms with Crippen molar-refractivity contribution in [3.05, 3.63) is 75.6 Å². The third-order valence-corrected chi connectivity index (χ3v) is 7.93. The first kappa shape index (κ1) is 30.5. The number of hydrogen-bond acceptors (Lipinski definition) is 9. The van der Waals surface area contributed by atoms with E-state index in [0.29, 0.717) is 45.4 Å². The Kier molecular flexibility index (Phi) is 9.02. The highest BCUT2D eigenvalue weighted by Crippen LogP contribution is 2.32. The smallest absolute Gasteiger partial charge is 0.436 e. The second kappa shape index (κ2) is 12.7. The van der Waals surface area contributed by atoms with Crippen LogP contribution in [0.2, 0.25) is 5.02 Å². The molecule has 2 aromatic carbocycles. The fraction of sp³-hybridized carbons (Fsp3) is 0.333. The number of hydrazine groups is 1. The van der Waals surface area contributed by atoms with Crippen LogP contribution >= 0.6 is 22.9 Å². The standard InChI is InChI=1S/C30H33ClN6O5S/c1-30(2,3)42-29(40)37-28-23(17-24(43-28)27(39)34-35(4)22-10-8-21(31)9-11-22)25(33-37)32-26(38)20-7-5-6-19(16-20)18-36-12-14-41-15-13-36/h5-11,16-17H,12-15,18H2,1-4H3,(H,34,39)(H,32,33,38). The van der Waals surface area contributed by atoms with Crippen molar-refractivity contribution in [2.75, 3.05) is 43.7 Å². The first-order valence-electron chi connectivity index (χ1n) is 13.7. The van der Waals surface area contributed by atoms with Crippen molar-refractivity contribution in [2.45, 2.75) is 32.9 Å². The van der Waals surface area contributed by atoms with E-state index in [2.05, 4.69) is 20.7 Å². The summed E-state index contributed by atoms with van der Waals surface area (Å²) in [5.74, 6) is -0.646. The summed E-state index contributed by atoms with van der Waals surface area (Å²) in [7, 11) is 1.70. The Morgan fingerprint density at radius 3 is 2.49 bits per heavy atom. The number of rotatable bonds is 7. The number of nitrogens with one attached hydrogen (secondary N) is 2. The lowest BCUT2D eigenvalue weighted by Crippen LogP contribution is -2.38. The molecule has 2 N–H and O–H groups in total. The minimum atomic E-state index is -0.779. The summed E-state index contributed by atoms with van der Waals surface area (Å²) < 4.78 is 12.1. The van der Waals surface area contributed by atoms with E-state index in [1.165, 1.54) is 0 Å². The summed E-state index contributed by atoms with van der Waals surface area (Å²) >= 11 is 7.05. The lowest BCUT2D eigenvalue weighted by atomic mass is 10.1. The van der Waals surface area contributed by atoms with Gasteiger partial charge < -0.3 is 14.8 Å². The zero-order chi connectivity index (χ0) is 30.7. The predicted molar refractivity (Wildman–Crippen MR) is 167 cm³/mol. The zero-order valence-electron chi connectivity index (χ0n) is 24.3. The molecule has 0 unspecified atom stereocenters. The van der Waals surface area contributed by atoms with Crippen LogP contribution in [0.25, 0.3) is 10.2 Å². The number of hydrogen-bond donors (Lipinski definition) is 2. The number of fused-ring (bicyclic) bond motifs is 1. The van der Waals surface area contributed by atoms with Gasteiger partial charge in [-0.3, -0.25) is 24.9 Å². The summed E-state index contributed by atoms with van der Waals surface area (Å²) in [6.45, 7) is 8.99. The van der Waals surface area contributed by atoms with Crippen LogP contribution in [0.15, 0.2) is 54.6 Å². The molecule has 1 aliphatic heterocycles. The van der Waals surface area contributed by atoms with Crippen molar-refractivity contribution in [2.24, 2.45) is 0 Å². The summed E-state index contributed by atoms with van der Waals surface area (Å²) in [5.41, 5.74) is 4.20. The monoisotopic (exact) mass is 624 g/mol. The van der Waals surface area contributed by atoms with Crippen molar-refractivity contribution >= 4 is 62.6 Å². The number of thiophene rings is 1. The fourth-order valence-electron chi connectivity index (χ4n) is 4.49. The fourth-order valence-corrected chi connectivity index (χ4v) is 5.60. The van der Waals surface area contributed by atoms with Crippen LogP contribution in [-0.4, -0.2) is 71.5 Å². The maximum absolute atomic E-state index is 13.4. The molecular weight excluding hydrogens is 592 g/mol. The van der Waals surface area contributed by atoms with Gasteiger partial charge >= 0.3 is 6.09 Å². The normalized spacial score (nSPS) is 14.0. The number of amides is 2. The Balaban J connectivity index is 1.40. The van der Waals surface area contributed by atoms with Crippen LogP contribution in [0.5, 0.6) is 0 Å². The Bertz CT molecular complexity index is 1640. The molecule has 0 aliphatic carbocycles. The topological polar surface area (TPSA) is 118 Å². The lowest BCUT2D eigenvalue weighted by molar-refractivity contribution is 0.0342. The minimum absolute atomic E-state index is 0.144. The second-order valence-electron chi connectivity index (χ2n) is 11.1. The van der Waals surface area contributed by atoms with Gasteiger partial charge in [-0.05, 0) is 68.8 Å². The van der Waals surface area contributed by atoms with Gasteiger partial charge in [0.25, 0.3) is 11.8 Å². The van der Waals surface area contributed by atoms with E-state index in [9.17, 15) is 14.4 Å². The Morgan fingerprint density at radius 2 is 1.79 bits per heavy atom. The summed E-state index contributed by atoms with van der Waals surface area (Å²) in [6.07, 6.45) is -0.724. The van der Waals surface area contributed by atoms with E-state index in [1.807, 2.05) is 18.2 Å². The summed E-state index contributed by atoms with van der Waals surface area (Å²) in [5, 5.41) is 9.79. The molecule has 0 radical (unpaired) electrons. The van der Waals surface area contributed by atoms with Crippen molar-refractivity contribution < 1.29 is 23.9 Å². The predicted octanol–water partition coefficient (Wildman–Crippen LogP) is 5.40. The van der Waals surface area contributed by atoms with E-state index in [1.54, 1.807) is 69.2 Å². The van der Waals surface area contributed by atoms with Crippen molar-refractivity contribution in [3.63, 3.8) is 0 Å². The number of carbonyl (C=O) groups is 3. The molecule has 0 bridgehead atoms. The minimum Gasteiger partial charge on any atom is -0.442 e. The number of halogens is 1. The Labute approximate surface area is 258 Å². The number of anilines is 2. The molecule has 4 aromatic rings. The molecule has 13 heteroatoms. The molecule has 11 nitrogen and oxygen atoms in total. The average molecular weight is 625 g/mol. The molecule has 5 rings (SSSR count). The average Bonchev–Trinajstić information content (AvgIpc) is 3.54. The molecule has 3 heterocycles. The Hall–Kier alpha value is -3.97. The van der Waals surface area contributed by atoms with Gasteiger partial charge in [-0.1, -0.05) is 23.7 Å². The van der Waals surface area contributed by atoms with Gasteiger partial charge in [0.2, 0.25) is 0 Å². The molecule has 1 fully saturated rings. The first-order chi connectivity index (χ1) is 20.5. The summed E-state index contributed by atoms with van der Waals surface area (Å²) in [6, 6.07) is 16.0. The van der Waals surface area contributed by atoms with E-state index in [4.69, 9.17) is 21.1 Å². The van der Waals surface area contributed by atoms with Crippen molar-refractivity contribution in [1.82, 2.24) is 20.1 Å². The van der Waals surface area contributed by atoms with Gasteiger partial charge in [-0.15, -0.1) is 16.4 Å². The van der Waals surface area contributed by atoms with Crippen LogP contribution in [0, 0.1) is 0 Å². The van der Waals surface area contributed by atoms with E-state index < -0.39 is 17.6 Å². The molecule has 2 amide bonds. The number of ether oxygens (including phenoxy) is 2. The van der Waals surface area contributed by atoms with Crippen molar-refractivity contribution in [3.8, 4) is 0 Å². The van der Waals surface area contributed by atoms with Crippen LogP contribution in [-0.2, 0) is 16.0 Å². The van der Waals surface area contributed by atoms with Gasteiger partial charge in [0.1, 0.15) is 10.4 Å². The van der Waals surface area contributed by atoms with Crippen LogP contribution in [0.1, 0.15) is 46.4 Å². The molecule has 1 aliphatic rings. The SMILES string of the molecule is CN(NC(=O)c1cc2c(NC(=O)c3cccc(CN4CCOCC4)c3)nn(C(=O)OC(C)(C)C)c2s1)c1ccc(Cl)cc1. The molecule has 0 spiro atoms. The van der Waals surface area contributed by atoms with Crippen LogP contribution in [0.3, 0.4) is 0 Å². The number of aromatic nitrogens is 2. The van der Waals surface area contributed by atoms with Crippen LogP contribution in [0.4, 0.5) is 16.3 Å². The number of morpholine rings is 1. The quantitative estimate of drug-likeness (QED) is 0.263. The number of benzene rings is 2. The lowest BCUT2D eigenvalue weighted by Gasteiger charge is -2.26. The molecule has 0 atom stereocenters. The number of carbonyl (C=O) groups excluding carboxylic acids is 3. The second-order valence-corrected chi connectivity index (χ2v) is 12.6. The van der Waals surface area contributed by atoms with E-state index in [0.717, 1.165) is 40.4 Å². The molecular formula is C30H33ClN6O5S. The van der Waals surface area contributed by atoms with Gasteiger partial charge in [-0.25, -0.2) is 4.79 Å². The zero-order valence-corrected chi connectivity index (χ0v) is 25.9. The third-order valence-electron chi connectivity index (χ3n) is 6.56. The van der Waals surface area contributed by atoms with Gasteiger partial charge in [0.05, 0.1) is 29.2 Å².